The maximum absolute atomic E-state index is 12.5. The summed E-state index contributed by atoms with van der Waals surface area (Å²) in [5, 5.41) is 12.6. The van der Waals surface area contributed by atoms with Crippen LogP contribution in [0.2, 0.25) is 0 Å². The van der Waals surface area contributed by atoms with E-state index in [1.807, 2.05) is 18.2 Å². The molecule has 1 atom stereocenters. The Labute approximate surface area is 135 Å². The highest BCUT2D eigenvalue weighted by Gasteiger charge is 2.36. The molecule has 1 aliphatic carbocycles. The van der Waals surface area contributed by atoms with Gasteiger partial charge in [-0.05, 0) is 48.2 Å². The normalized spacial score (nSPS) is 19.3. The van der Waals surface area contributed by atoms with Crippen molar-refractivity contribution in [3.63, 3.8) is 0 Å². The number of carbonyl (C=O) groups is 1. The predicted molar refractivity (Wildman–Crippen MR) is 87.3 cm³/mol. The van der Waals surface area contributed by atoms with E-state index < -0.39 is 5.54 Å². The molecule has 2 aromatic rings. The van der Waals surface area contributed by atoms with Crippen LogP contribution in [0.4, 0.5) is 0 Å². The Bertz CT molecular complexity index is 762. The standard InChI is InChI=1S/C19H18N2O2/c1-23-17-8-6-15(7-9-17)18(22)21-19(13-20)11-10-14-4-2-3-5-16(14)12-19/h2-9H,10-12H2,1H3,(H,21,22). The predicted octanol–water partition coefficient (Wildman–Crippen LogP) is 2.88. The molecule has 0 aliphatic heterocycles. The fourth-order valence-electron chi connectivity index (χ4n) is 3.00. The van der Waals surface area contributed by atoms with Gasteiger partial charge < -0.3 is 10.1 Å². The molecule has 1 N–H and O–H groups in total. The van der Waals surface area contributed by atoms with Crippen LogP contribution < -0.4 is 10.1 Å². The van der Waals surface area contributed by atoms with Gasteiger partial charge in [0.1, 0.15) is 11.3 Å². The average molecular weight is 306 g/mol. The topological polar surface area (TPSA) is 62.1 Å². The summed E-state index contributed by atoms with van der Waals surface area (Å²) in [6.45, 7) is 0. The molecule has 0 saturated carbocycles. The molecular formula is C19H18N2O2. The van der Waals surface area contributed by atoms with Crippen molar-refractivity contribution in [3.8, 4) is 11.8 Å². The van der Waals surface area contributed by atoms with Crippen LogP contribution in [-0.4, -0.2) is 18.6 Å². The number of methoxy groups -OCH3 is 1. The van der Waals surface area contributed by atoms with Gasteiger partial charge in [0.25, 0.3) is 5.91 Å². The van der Waals surface area contributed by atoms with Crippen molar-refractivity contribution in [3.05, 3.63) is 65.2 Å². The lowest BCUT2D eigenvalue weighted by atomic mass is 9.78. The third kappa shape index (κ3) is 3.04. The van der Waals surface area contributed by atoms with Gasteiger partial charge in [0, 0.05) is 12.0 Å². The molecular weight excluding hydrogens is 288 g/mol. The first-order valence-electron chi connectivity index (χ1n) is 7.60. The molecule has 1 amide bonds. The number of aryl methyl sites for hydroxylation is 1. The van der Waals surface area contributed by atoms with E-state index in [9.17, 15) is 10.1 Å². The largest absolute Gasteiger partial charge is 0.497 e. The first kappa shape index (κ1) is 15.1. The molecule has 0 radical (unpaired) electrons. The van der Waals surface area contributed by atoms with Gasteiger partial charge in [0.2, 0.25) is 0 Å². The van der Waals surface area contributed by atoms with Crippen LogP contribution in [0.1, 0.15) is 27.9 Å². The minimum Gasteiger partial charge on any atom is -0.497 e. The van der Waals surface area contributed by atoms with Crippen LogP contribution in [-0.2, 0) is 12.8 Å². The van der Waals surface area contributed by atoms with Gasteiger partial charge >= 0.3 is 0 Å². The zero-order chi connectivity index (χ0) is 16.3. The molecule has 0 aromatic heterocycles. The number of rotatable bonds is 3. The third-order valence-electron chi connectivity index (χ3n) is 4.35. The van der Waals surface area contributed by atoms with Gasteiger partial charge in [-0.15, -0.1) is 0 Å². The summed E-state index contributed by atoms with van der Waals surface area (Å²) in [7, 11) is 1.58. The third-order valence-corrected chi connectivity index (χ3v) is 4.35. The molecule has 0 heterocycles. The summed E-state index contributed by atoms with van der Waals surface area (Å²) in [6.07, 6.45) is 1.97. The Morgan fingerprint density at radius 3 is 2.52 bits per heavy atom. The number of hydrogen-bond donors (Lipinski definition) is 1. The average Bonchev–Trinajstić information content (AvgIpc) is 2.61. The van der Waals surface area contributed by atoms with Crippen molar-refractivity contribution >= 4 is 5.91 Å². The molecule has 4 nitrogen and oxygen atoms in total. The SMILES string of the molecule is COc1ccc(C(=O)NC2(C#N)CCc3ccccc3C2)cc1. The Morgan fingerprint density at radius 2 is 1.87 bits per heavy atom. The molecule has 3 rings (SSSR count). The number of amides is 1. The molecule has 2 aromatic carbocycles. The van der Waals surface area contributed by atoms with Crippen LogP contribution in [0.3, 0.4) is 0 Å². The maximum atomic E-state index is 12.5. The highest BCUT2D eigenvalue weighted by Crippen LogP contribution is 2.28. The van der Waals surface area contributed by atoms with Gasteiger partial charge in [-0.2, -0.15) is 5.26 Å². The van der Waals surface area contributed by atoms with Gasteiger partial charge in [-0.3, -0.25) is 4.79 Å². The van der Waals surface area contributed by atoms with Gasteiger partial charge in [-0.25, -0.2) is 0 Å². The Kier molecular flexibility index (Phi) is 4.03. The van der Waals surface area contributed by atoms with Gasteiger partial charge in [0.05, 0.1) is 13.2 Å². The molecule has 1 aliphatic rings. The Balaban J connectivity index is 1.79. The quantitative estimate of drug-likeness (QED) is 0.948. The van der Waals surface area contributed by atoms with Crippen LogP contribution in [0.5, 0.6) is 5.75 Å². The number of nitriles is 1. The van der Waals surface area contributed by atoms with E-state index >= 15 is 0 Å². The molecule has 116 valence electrons. The van der Waals surface area contributed by atoms with Crippen LogP contribution in [0, 0.1) is 11.3 Å². The summed E-state index contributed by atoms with van der Waals surface area (Å²) in [5.41, 5.74) is 2.08. The summed E-state index contributed by atoms with van der Waals surface area (Å²) < 4.78 is 5.09. The number of nitrogens with one attached hydrogen (secondary N) is 1. The smallest absolute Gasteiger partial charge is 0.252 e. The lowest BCUT2D eigenvalue weighted by molar-refractivity contribution is 0.0913. The fourth-order valence-corrected chi connectivity index (χ4v) is 3.00. The highest BCUT2D eigenvalue weighted by molar-refractivity contribution is 5.95. The molecule has 0 spiro atoms. The van der Waals surface area contributed by atoms with Crippen LogP contribution >= 0.6 is 0 Å². The van der Waals surface area contributed by atoms with Crippen molar-refractivity contribution in [2.24, 2.45) is 0 Å². The first-order chi connectivity index (χ1) is 11.2. The highest BCUT2D eigenvalue weighted by atomic mass is 16.5. The maximum Gasteiger partial charge on any atom is 0.252 e. The van der Waals surface area contributed by atoms with Crippen molar-refractivity contribution in [2.75, 3.05) is 7.11 Å². The summed E-state index contributed by atoms with van der Waals surface area (Å²) in [4.78, 5) is 12.5. The number of carbonyl (C=O) groups excluding carboxylic acids is 1. The molecule has 0 bridgehead atoms. The molecule has 0 saturated heterocycles. The second-order valence-electron chi connectivity index (χ2n) is 5.82. The van der Waals surface area contributed by atoms with Crippen molar-refractivity contribution in [1.82, 2.24) is 5.32 Å². The monoisotopic (exact) mass is 306 g/mol. The number of benzene rings is 2. The number of ether oxygens (including phenoxy) is 1. The van der Waals surface area contributed by atoms with Crippen molar-refractivity contribution in [1.29, 1.82) is 5.26 Å². The number of fused-ring (bicyclic) bond motifs is 1. The zero-order valence-corrected chi connectivity index (χ0v) is 13.0. The minimum absolute atomic E-state index is 0.228. The second kappa shape index (κ2) is 6.13. The Morgan fingerprint density at radius 1 is 1.17 bits per heavy atom. The van der Waals surface area contributed by atoms with Crippen molar-refractivity contribution < 1.29 is 9.53 Å². The minimum atomic E-state index is -0.842. The van der Waals surface area contributed by atoms with E-state index in [1.54, 1.807) is 31.4 Å². The summed E-state index contributed by atoms with van der Waals surface area (Å²) in [5.74, 6) is 0.469. The molecule has 23 heavy (non-hydrogen) atoms. The Hall–Kier alpha value is -2.80. The van der Waals surface area contributed by atoms with E-state index in [2.05, 4.69) is 17.5 Å². The lowest BCUT2D eigenvalue weighted by Gasteiger charge is -2.33. The second-order valence-corrected chi connectivity index (χ2v) is 5.82. The van der Waals surface area contributed by atoms with E-state index in [1.165, 1.54) is 5.56 Å². The van der Waals surface area contributed by atoms with Gasteiger partial charge in [-0.1, -0.05) is 24.3 Å². The summed E-state index contributed by atoms with van der Waals surface area (Å²) in [6, 6.07) is 17.3. The van der Waals surface area contributed by atoms with Crippen LogP contribution in [0.15, 0.2) is 48.5 Å². The van der Waals surface area contributed by atoms with E-state index in [0.717, 1.165) is 12.0 Å². The lowest BCUT2D eigenvalue weighted by Crippen LogP contribution is -2.51. The van der Waals surface area contributed by atoms with E-state index in [-0.39, 0.29) is 5.91 Å². The fraction of sp³-hybridized carbons (Fsp3) is 0.263. The summed E-state index contributed by atoms with van der Waals surface area (Å²) >= 11 is 0. The molecule has 0 fully saturated rings. The number of hydrogen-bond acceptors (Lipinski definition) is 3. The van der Waals surface area contributed by atoms with Crippen LogP contribution in [0.25, 0.3) is 0 Å². The van der Waals surface area contributed by atoms with E-state index in [4.69, 9.17) is 4.74 Å². The van der Waals surface area contributed by atoms with Gasteiger partial charge in [0.15, 0.2) is 0 Å². The molecule has 1 unspecified atom stereocenters. The van der Waals surface area contributed by atoms with Crippen molar-refractivity contribution in [2.45, 2.75) is 24.8 Å². The number of nitrogens with zero attached hydrogens (tertiary/aromatic N) is 1. The van der Waals surface area contributed by atoms with E-state index in [0.29, 0.717) is 24.2 Å². The zero-order valence-electron chi connectivity index (χ0n) is 13.0. The molecule has 4 heteroatoms. The first-order valence-corrected chi connectivity index (χ1v) is 7.60.